The minimum Gasteiger partial charge on any atom is -0.411 e. The standard InChI is InChI=1S/2C21H43NS2.Cu/c2*1-3-5-7-9-11-13-15-17-19-22(21(23)24)20-18-16-14-12-10-8-6-4-2;/h2*3-20H2,1-2H3,(H,23,24);/q;;+2/p-2. The van der Waals surface area contributed by atoms with Crippen molar-refractivity contribution in [1.82, 2.24) is 9.80 Å². The van der Waals surface area contributed by atoms with Crippen LogP contribution < -0.4 is 0 Å². The molecule has 0 atom stereocenters. The third-order valence-electron chi connectivity index (χ3n) is 9.64. The Morgan fingerprint density at radius 2 is 0.449 bits per heavy atom. The fourth-order valence-corrected chi connectivity index (χ4v) is 7.07. The van der Waals surface area contributed by atoms with E-state index in [2.05, 4.69) is 37.5 Å². The summed E-state index contributed by atoms with van der Waals surface area (Å²) in [6.45, 7) is 13.4. The molecule has 0 saturated heterocycles. The Balaban J connectivity index is -0.000000846. The molecule has 0 aliphatic heterocycles. The zero-order valence-corrected chi connectivity index (χ0v) is 37.5. The van der Waals surface area contributed by atoms with Crippen LogP contribution in [0.5, 0.6) is 0 Å². The zero-order valence-electron chi connectivity index (χ0n) is 33.3. The van der Waals surface area contributed by atoms with Gasteiger partial charge in [0.2, 0.25) is 0 Å². The Bertz CT molecular complexity index is 558. The minimum absolute atomic E-state index is 0. The van der Waals surface area contributed by atoms with E-state index in [4.69, 9.17) is 49.7 Å². The van der Waals surface area contributed by atoms with Gasteiger partial charge in [-0.3, -0.25) is 0 Å². The monoisotopic (exact) mass is 807 g/mol. The van der Waals surface area contributed by atoms with Crippen molar-refractivity contribution < 1.29 is 17.1 Å². The third kappa shape index (κ3) is 44.8. The zero-order chi connectivity index (χ0) is 35.8. The Kier molecular flexibility index (Phi) is 51.6. The number of hydrogen-bond donors (Lipinski definition) is 0. The molecule has 297 valence electrons. The average molecular weight is 809 g/mol. The van der Waals surface area contributed by atoms with Crippen LogP contribution in [0.1, 0.15) is 233 Å². The van der Waals surface area contributed by atoms with E-state index in [-0.39, 0.29) is 17.1 Å². The summed E-state index contributed by atoms with van der Waals surface area (Å²) >= 11 is 21.0. The van der Waals surface area contributed by atoms with Crippen LogP contribution in [0.15, 0.2) is 0 Å². The van der Waals surface area contributed by atoms with Gasteiger partial charge in [-0.25, -0.2) is 0 Å². The summed E-state index contributed by atoms with van der Waals surface area (Å²) in [5.41, 5.74) is 0. The van der Waals surface area contributed by atoms with Gasteiger partial charge in [0.25, 0.3) is 0 Å². The van der Waals surface area contributed by atoms with Crippen LogP contribution in [-0.2, 0) is 42.3 Å². The van der Waals surface area contributed by atoms with Gasteiger partial charge in [0, 0.05) is 26.2 Å². The molecule has 0 N–H and O–H groups in total. The average Bonchev–Trinajstić information content (AvgIpc) is 3.07. The van der Waals surface area contributed by atoms with E-state index in [0.717, 1.165) is 26.2 Å². The van der Waals surface area contributed by atoms with Gasteiger partial charge in [0.15, 0.2) is 0 Å². The summed E-state index contributed by atoms with van der Waals surface area (Å²) in [4.78, 5) is 4.53. The van der Waals surface area contributed by atoms with Gasteiger partial charge >= 0.3 is 17.1 Å². The molecule has 0 unspecified atom stereocenters. The number of thiocarbonyl (C=S) groups is 2. The van der Waals surface area contributed by atoms with Gasteiger partial charge in [-0.15, -0.1) is 0 Å². The second-order valence-corrected chi connectivity index (χ2v) is 16.5. The first-order valence-corrected chi connectivity index (χ1v) is 23.0. The Hall–Kier alpha value is 0.739. The number of nitrogens with zero attached hydrogens (tertiary/aromatic N) is 2. The topological polar surface area (TPSA) is 6.48 Å². The van der Waals surface area contributed by atoms with E-state index in [1.165, 1.54) is 205 Å². The van der Waals surface area contributed by atoms with Crippen molar-refractivity contribution in [1.29, 1.82) is 0 Å². The summed E-state index contributed by atoms with van der Waals surface area (Å²) in [5.74, 6) is 0. The molecule has 0 amide bonds. The van der Waals surface area contributed by atoms with Crippen LogP contribution in [0.3, 0.4) is 0 Å². The number of unbranched alkanes of at least 4 members (excludes halogenated alkanes) is 28. The first kappa shape index (κ1) is 54.1. The van der Waals surface area contributed by atoms with E-state index in [0.29, 0.717) is 8.64 Å². The van der Waals surface area contributed by atoms with Crippen LogP contribution in [0, 0.1) is 0 Å². The molecule has 0 bridgehead atoms. The number of rotatable bonds is 36. The SMILES string of the molecule is CCCCCCCCCCN(CCCCCCCCCC)C(=S)[S-].CCCCCCCCCCN(CCCCCCCCCC)C(=S)[S-].[Cu+2]. The summed E-state index contributed by atoms with van der Waals surface area (Å²) < 4.78 is 1.36. The van der Waals surface area contributed by atoms with Crippen molar-refractivity contribution in [2.75, 3.05) is 26.2 Å². The molecule has 0 aromatic rings. The van der Waals surface area contributed by atoms with Crippen molar-refractivity contribution in [2.45, 2.75) is 233 Å². The van der Waals surface area contributed by atoms with Crippen molar-refractivity contribution in [2.24, 2.45) is 0 Å². The van der Waals surface area contributed by atoms with Gasteiger partial charge in [-0.05, 0) is 25.7 Å². The fourth-order valence-electron chi connectivity index (χ4n) is 6.33. The van der Waals surface area contributed by atoms with E-state index in [9.17, 15) is 0 Å². The van der Waals surface area contributed by atoms with E-state index >= 15 is 0 Å². The molecule has 0 rings (SSSR count). The molecule has 7 heteroatoms. The second kappa shape index (κ2) is 46.8. The molecule has 0 spiro atoms. The third-order valence-corrected chi connectivity index (χ3v) is 10.7. The predicted molar refractivity (Wildman–Crippen MR) is 234 cm³/mol. The van der Waals surface area contributed by atoms with Crippen molar-refractivity contribution >= 4 is 58.3 Å². The van der Waals surface area contributed by atoms with Gasteiger partial charge < -0.3 is 59.5 Å². The maximum atomic E-state index is 5.25. The first-order valence-electron chi connectivity index (χ1n) is 21.4. The molecule has 2 nitrogen and oxygen atoms in total. The molecule has 0 aromatic heterocycles. The van der Waals surface area contributed by atoms with Crippen LogP contribution in [-0.4, -0.2) is 44.6 Å². The van der Waals surface area contributed by atoms with Crippen LogP contribution >= 0.6 is 24.4 Å². The van der Waals surface area contributed by atoms with Gasteiger partial charge in [-0.2, -0.15) is 0 Å². The summed E-state index contributed by atoms with van der Waals surface area (Å²) in [7, 11) is 0. The van der Waals surface area contributed by atoms with Crippen molar-refractivity contribution in [3.63, 3.8) is 0 Å². The van der Waals surface area contributed by atoms with E-state index in [1.54, 1.807) is 0 Å². The number of hydrogen-bond acceptors (Lipinski definition) is 4. The summed E-state index contributed by atoms with van der Waals surface area (Å²) in [6, 6.07) is 0. The Morgan fingerprint density at radius 3 is 0.592 bits per heavy atom. The molecule has 0 aromatic carbocycles. The molecule has 0 heterocycles. The van der Waals surface area contributed by atoms with Gasteiger partial charge in [0.1, 0.15) is 0 Å². The van der Waals surface area contributed by atoms with Crippen LogP contribution in [0.2, 0.25) is 0 Å². The maximum absolute atomic E-state index is 5.25. The molecule has 0 saturated carbocycles. The summed E-state index contributed by atoms with van der Waals surface area (Å²) in [6.07, 6.45) is 43.7. The van der Waals surface area contributed by atoms with Crippen LogP contribution in [0.25, 0.3) is 0 Å². The maximum Gasteiger partial charge on any atom is 2.00 e. The summed E-state index contributed by atoms with van der Waals surface area (Å²) in [5, 5.41) is 0. The van der Waals surface area contributed by atoms with E-state index in [1.807, 2.05) is 0 Å². The minimum atomic E-state index is 0. The fraction of sp³-hybridized carbons (Fsp3) is 0.952. The predicted octanol–water partition coefficient (Wildman–Crippen LogP) is 14.8. The molecular formula is C42H84CuN2S4. The Labute approximate surface area is 342 Å². The normalized spacial score (nSPS) is 10.7. The van der Waals surface area contributed by atoms with Crippen molar-refractivity contribution in [3.05, 3.63) is 0 Å². The van der Waals surface area contributed by atoms with E-state index < -0.39 is 0 Å². The molecule has 0 aliphatic carbocycles. The van der Waals surface area contributed by atoms with Gasteiger partial charge in [-0.1, -0.05) is 216 Å². The molecule has 49 heavy (non-hydrogen) atoms. The second-order valence-electron chi connectivity index (χ2n) is 14.4. The molecule has 0 aliphatic rings. The first-order chi connectivity index (χ1) is 23.4. The molecule has 1 radical (unpaired) electrons. The quantitative estimate of drug-likeness (QED) is 0.0267. The van der Waals surface area contributed by atoms with Crippen LogP contribution in [0.4, 0.5) is 0 Å². The molecule has 0 fully saturated rings. The van der Waals surface area contributed by atoms with Crippen molar-refractivity contribution in [3.8, 4) is 0 Å². The Morgan fingerprint density at radius 1 is 0.306 bits per heavy atom. The largest absolute Gasteiger partial charge is 2.00 e. The molecular weight excluding hydrogens is 724 g/mol. The smallest absolute Gasteiger partial charge is 0.411 e. The van der Waals surface area contributed by atoms with Gasteiger partial charge in [0.05, 0.1) is 0 Å².